The van der Waals surface area contributed by atoms with Crippen molar-refractivity contribution in [2.24, 2.45) is 11.1 Å². The van der Waals surface area contributed by atoms with Gasteiger partial charge in [-0.15, -0.1) is 5.73 Å². The molecule has 0 bridgehead atoms. The fourth-order valence-corrected chi connectivity index (χ4v) is 3.74. The minimum Gasteiger partial charge on any atom is -0.392 e. The summed E-state index contributed by atoms with van der Waals surface area (Å²) >= 11 is 0. The third kappa shape index (κ3) is 6.45. The minimum absolute atomic E-state index is 0.106. The lowest BCUT2D eigenvalue weighted by Gasteiger charge is -2.28. The van der Waals surface area contributed by atoms with Crippen molar-refractivity contribution < 1.29 is 0 Å². The van der Waals surface area contributed by atoms with Crippen molar-refractivity contribution in [3.8, 4) is 0 Å². The van der Waals surface area contributed by atoms with Gasteiger partial charge in [0.05, 0.1) is 5.70 Å². The maximum atomic E-state index is 6.01. The fourth-order valence-electron chi connectivity index (χ4n) is 3.74. The van der Waals surface area contributed by atoms with E-state index in [9.17, 15) is 0 Å². The van der Waals surface area contributed by atoms with Gasteiger partial charge in [0.25, 0.3) is 0 Å². The number of aromatic nitrogens is 3. The average molecular weight is 437 g/mol. The second-order valence-corrected chi connectivity index (χ2v) is 9.63. The van der Waals surface area contributed by atoms with Crippen LogP contribution in [0, 0.1) is 12.3 Å². The summed E-state index contributed by atoms with van der Waals surface area (Å²) in [4.78, 5) is 16.2. The summed E-state index contributed by atoms with van der Waals surface area (Å²) < 4.78 is 0. The Balaban J connectivity index is 1.94. The van der Waals surface area contributed by atoms with E-state index in [0.29, 0.717) is 29.6 Å². The van der Waals surface area contributed by atoms with Gasteiger partial charge in [-0.25, -0.2) is 0 Å². The molecule has 1 aromatic carbocycles. The maximum absolute atomic E-state index is 6.01. The molecule has 1 fully saturated rings. The van der Waals surface area contributed by atoms with E-state index in [2.05, 4.69) is 58.9 Å². The molecule has 2 heterocycles. The quantitative estimate of drug-likeness (QED) is 0.488. The Morgan fingerprint density at radius 2 is 2.03 bits per heavy atom. The molecule has 172 valence electrons. The summed E-state index contributed by atoms with van der Waals surface area (Å²) in [5, 5.41) is 10.3. The molecule has 1 aliphatic heterocycles. The predicted octanol–water partition coefficient (Wildman–Crippen LogP) is 3.65. The van der Waals surface area contributed by atoms with Crippen LogP contribution in [0.15, 0.2) is 30.5 Å². The highest BCUT2D eigenvalue weighted by Gasteiger charge is 2.20. The lowest BCUT2D eigenvalue weighted by molar-refractivity contribution is 0.416. The molecule has 8 nitrogen and oxygen atoms in total. The minimum atomic E-state index is 0.106. The molecule has 0 radical (unpaired) electrons. The number of piperidine rings is 1. The summed E-state index contributed by atoms with van der Waals surface area (Å²) in [6, 6.07) is 6.21. The van der Waals surface area contributed by atoms with E-state index in [4.69, 9.17) is 15.7 Å². The van der Waals surface area contributed by atoms with Crippen molar-refractivity contribution in [3.63, 3.8) is 0 Å². The third-order valence-corrected chi connectivity index (χ3v) is 5.29. The molecule has 2 aromatic rings. The average Bonchev–Trinajstić information content (AvgIpc) is 2.74. The Labute approximate surface area is 191 Å². The van der Waals surface area contributed by atoms with Crippen molar-refractivity contribution in [1.29, 1.82) is 0 Å². The first-order valence-electron chi connectivity index (χ1n) is 11.1. The SMILES string of the molecule is C=C=C(N)c1ccc(C)c(Nc2nc(N[C@H]3CCCNC3)nc(N(C)CC(C)(C)C)n2)c1. The highest BCUT2D eigenvalue weighted by Crippen LogP contribution is 2.25. The van der Waals surface area contributed by atoms with E-state index in [1.54, 1.807) is 0 Å². The van der Waals surface area contributed by atoms with Gasteiger partial charge >= 0.3 is 0 Å². The molecule has 0 aliphatic carbocycles. The monoisotopic (exact) mass is 436 g/mol. The lowest BCUT2D eigenvalue weighted by Crippen LogP contribution is -2.39. The standard InChI is InChI=1S/C24H36N8/c1-7-19(25)17-11-10-16(2)20(13-17)28-22-29-21(27-18-9-8-12-26-14-18)30-23(31-22)32(6)15-24(3,4)5/h10-11,13,18,26H,1,8-9,12,14-15,25H2,2-6H3,(H2,27,28,29,30,31)/t18-/m0/s1. The topological polar surface area (TPSA) is 104 Å². The van der Waals surface area contributed by atoms with Crippen molar-refractivity contribution in [3.05, 3.63) is 41.6 Å². The van der Waals surface area contributed by atoms with Crippen LogP contribution >= 0.6 is 0 Å². The lowest BCUT2D eigenvalue weighted by atomic mass is 9.96. The van der Waals surface area contributed by atoms with Gasteiger partial charge in [-0.3, -0.25) is 0 Å². The molecule has 8 heteroatoms. The number of hydrogen-bond donors (Lipinski definition) is 4. The zero-order valence-corrected chi connectivity index (χ0v) is 19.9. The first-order chi connectivity index (χ1) is 15.1. The Morgan fingerprint density at radius 1 is 1.28 bits per heavy atom. The number of anilines is 4. The molecule has 0 saturated carbocycles. The maximum Gasteiger partial charge on any atom is 0.233 e. The Kier molecular flexibility index (Phi) is 7.38. The molecule has 3 rings (SSSR count). The number of nitrogens with two attached hydrogens (primary N) is 1. The molecule has 0 unspecified atom stereocenters. The highest BCUT2D eigenvalue weighted by atomic mass is 15.3. The molecule has 32 heavy (non-hydrogen) atoms. The Morgan fingerprint density at radius 3 is 2.69 bits per heavy atom. The van der Waals surface area contributed by atoms with Crippen molar-refractivity contribution in [2.75, 3.05) is 42.2 Å². The second-order valence-electron chi connectivity index (χ2n) is 9.63. The van der Waals surface area contributed by atoms with Gasteiger partial charge in [-0.05, 0) is 43.4 Å². The van der Waals surface area contributed by atoms with Crippen molar-refractivity contribution >= 4 is 29.2 Å². The molecule has 0 spiro atoms. The van der Waals surface area contributed by atoms with E-state index in [1.165, 1.54) is 0 Å². The van der Waals surface area contributed by atoms with Crippen LogP contribution in [0.25, 0.3) is 5.70 Å². The molecule has 1 atom stereocenters. The van der Waals surface area contributed by atoms with Gasteiger partial charge in [0, 0.05) is 37.4 Å². The van der Waals surface area contributed by atoms with Gasteiger partial charge in [0.1, 0.15) is 0 Å². The highest BCUT2D eigenvalue weighted by molar-refractivity contribution is 5.70. The summed E-state index contributed by atoms with van der Waals surface area (Å²) in [5.74, 6) is 1.69. The zero-order chi connectivity index (χ0) is 23.3. The number of aryl methyl sites for hydroxylation is 1. The number of nitrogens with one attached hydrogen (secondary N) is 3. The van der Waals surface area contributed by atoms with Crippen LogP contribution in [0.5, 0.6) is 0 Å². The van der Waals surface area contributed by atoms with Crippen LogP contribution in [0.1, 0.15) is 44.7 Å². The number of benzene rings is 1. The summed E-state index contributed by atoms with van der Waals surface area (Å²) in [6.45, 7) is 15.0. The van der Waals surface area contributed by atoms with E-state index in [-0.39, 0.29) is 5.41 Å². The molecule has 1 aliphatic rings. The normalized spacial score (nSPS) is 16.2. The molecule has 0 amide bonds. The van der Waals surface area contributed by atoms with Crippen molar-refractivity contribution in [1.82, 2.24) is 20.3 Å². The van der Waals surface area contributed by atoms with Gasteiger partial charge in [-0.1, -0.05) is 39.5 Å². The summed E-state index contributed by atoms with van der Waals surface area (Å²) in [6.07, 6.45) is 2.22. The smallest absolute Gasteiger partial charge is 0.233 e. The molecular weight excluding hydrogens is 400 g/mol. The van der Waals surface area contributed by atoms with Crippen LogP contribution in [0.4, 0.5) is 23.5 Å². The van der Waals surface area contributed by atoms with Crippen LogP contribution in [0.2, 0.25) is 0 Å². The van der Waals surface area contributed by atoms with Crippen LogP contribution in [-0.4, -0.2) is 47.7 Å². The molecule has 1 aromatic heterocycles. The zero-order valence-electron chi connectivity index (χ0n) is 19.9. The first kappa shape index (κ1) is 23.6. The van der Waals surface area contributed by atoms with Gasteiger partial charge in [-0.2, -0.15) is 15.0 Å². The summed E-state index contributed by atoms with van der Waals surface area (Å²) in [5.41, 5.74) is 12.1. The van der Waals surface area contributed by atoms with Crippen LogP contribution in [0.3, 0.4) is 0 Å². The van der Waals surface area contributed by atoms with Crippen molar-refractivity contribution in [2.45, 2.75) is 46.6 Å². The van der Waals surface area contributed by atoms with Crippen LogP contribution in [-0.2, 0) is 0 Å². The van der Waals surface area contributed by atoms with Gasteiger partial charge in [0.15, 0.2) is 0 Å². The van der Waals surface area contributed by atoms with E-state index in [1.807, 2.05) is 32.2 Å². The van der Waals surface area contributed by atoms with Crippen LogP contribution < -0.4 is 26.6 Å². The molecular formula is C24H36N8. The molecule has 1 saturated heterocycles. The predicted molar refractivity (Wildman–Crippen MR) is 133 cm³/mol. The number of rotatable bonds is 7. The summed E-state index contributed by atoms with van der Waals surface area (Å²) in [7, 11) is 2.01. The van der Waals surface area contributed by atoms with E-state index < -0.39 is 0 Å². The largest absolute Gasteiger partial charge is 0.392 e. The van der Waals surface area contributed by atoms with E-state index in [0.717, 1.165) is 49.3 Å². The number of hydrogen-bond acceptors (Lipinski definition) is 8. The second kappa shape index (κ2) is 10.0. The Hall–Kier alpha value is -3.09. The molecule has 5 N–H and O–H groups in total. The van der Waals surface area contributed by atoms with Gasteiger partial charge in [0.2, 0.25) is 17.8 Å². The third-order valence-electron chi connectivity index (χ3n) is 5.29. The fraction of sp³-hybridized carbons (Fsp3) is 0.500. The van der Waals surface area contributed by atoms with Gasteiger partial charge < -0.3 is 26.6 Å². The first-order valence-corrected chi connectivity index (χ1v) is 11.1. The van der Waals surface area contributed by atoms with E-state index >= 15 is 0 Å². The Bertz CT molecular complexity index is 982. The number of nitrogens with zero attached hydrogens (tertiary/aromatic N) is 4.